The number of carbonyl (C=O) groups is 1. The number of sulfonamides is 1. The summed E-state index contributed by atoms with van der Waals surface area (Å²) in [7, 11) is -3.65. The van der Waals surface area contributed by atoms with Gasteiger partial charge in [0.05, 0.1) is 0 Å². The van der Waals surface area contributed by atoms with Crippen LogP contribution in [0.1, 0.15) is 24.3 Å². The van der Waals surface area contributed by atoms with Gasteiger partial charge in [0.1, 0.15) is 10.6 Å². The Morgan fingerprint density at radius 1 is 1.23 bits per heavy atom. The summed E-state index contributed by atoms with van der Waals surface area (Å²) in [5.74, 6) is 0.339. The van der Waals surface area contributed by atoms with Crippen LogP contribution in [0.5, 0.6) is 0 Å². The third-order valence-corrected chi connectivity index (χ3v) is 6.64. The Hall–Kier alpha value is -2.20. The van der Waals surface area contributed by atoms with E-state index in [1.165, 1.54) is 4.31 Å². The second kappa shape index (κ2) is 7.58. The second-order valence-corrected chi connectivity index (χ2v) is 8.19. The zero-order valence-electron chi connectivity index (χ0n) is 15.0. The molecule has 26 heavy (non-hydrogen) atoms. The molecule has 9 nitrogen and oxygen atoms in total. The number of piperazine rings is 1. The molecule has 0 radical (unpaired) electrons. The van der Waals surface area contributed by atoms with Crippen molar-refractivity contribution in [3.05, 3.63) is 29.9 Å². The Labute approximate surface area is 152 Å². The van der Waals surface area contributed by atoms with Gasteiger partial charge in [0.15, 0.2) is 5.76 Å². The number of aromatic nitrogens is 3. The highest BCUT2D eigenvalue weighted by molar-refractivity contribution is 7.89. The highest BCUT2D eigenvalue weighted by atomic mass is 32.2. The Kier molecular flexibility index (Phi) is 5.42. The van der Waals surface area contributed by atoms with Crippen LogP contribution in [-0.2, 0) is 21.4 Å². The van der Waals surface area contributed by atoms with Crippen molar-refractivity contribution in [1.29, 1.82) is 0 Å². The molecule has 10 heteroatoms. The van der Waals surface area contributed by atoms with Crippen molar-refractivity contribution >= 4 is 15.9 Å². The summed E-state index contributed by atoms with van der Waals surface area (Å²) in [4.78, 5) is 14.2. The first kappa shape index (κ1) is 18.6. The Bertz CT molecular complexity index is 832. The molecule has 0 unspecified atom stereocenters. The smallest absolute Gasteiger partial charge is 0.248 e. The van der Waals surface area contributed by atoms with Crippen molar-refractivity contribution < 1.29 is 17.7 Å². The van der Waals surface area contributed by atoms with Crippen molar-refractivity contribution in [1.82, 2.24) is 24.1 Å². The van der Waals surface area contributed by atoms with Crippen molar-refractivity contribution in [3.8, 4) is 0 Å². The highest BCUT2D eigenvalue weighted by Gasteiger charge is 2.34. The fraction of sp³-hybridized carbons (Fsp3) is 0.562. The Morgan fingerprint density at radius 2 is 1.96 bits per heavy atom. The molecule has 0 saturated carbocycles. The van der Waals surface area contributed by atoms with Crippen LogP contribution >= 0.6 is 0 Å². The Morgan fingerprint density at radius 3 is 2.54 bits per heavy atom. The number of amides is 1. The molecule has 3 heterocycles. The normalized spacial score (nSPS) is 16.2. The minimum Gasteiger partial charge on any atom is -0.360 e. The molecule has 0 N–H and O–H groups in total. The zero-order chi connectivity index (χ0) is 18.7. The molecule has 2 aromatic rings. The molecular formula is C16H23N5O4S. The van der Waals surface area contributed by atoms with E-state index in [0.717, 1.165) is 0 Å². The average Bonchev–Trinajstić information content (AvgIpc) is 3.25. The number of hydrogen-bond acceptors (Lipinski definition) is 6. The lowest BCUT2D eigenvalue weighted by Gasteiger charge is -2.34. The fourth-order valence-corrected chi connectivity index (χ4v) is 4.85. The quantitative estimate of drug-likeness (QED) is 0.734. The molecule has 0 bridgehead atoms. The van der Waals surface area contributed by atoms with E-state index in [1.54, 1.807) is 29.6 Å². The van der Waals surface area contributed by atoms with Gasteiger partial charge >= 0.3 is 0 Å². The van der Waals surface area contributed by atoms with Gasteiger partial charge in [0, 0.05) is 51.5 Å². The molecule has 0 spiro atoms. The monoisotopic (exact) mass is 381 g/mol. The van der Waals surface area contributed by atoms with Gasteiger partial charge in [-0.3, -0.25) is 9.48 Å². The summed E-state index contributed by atoms with van der Waals surface area (Å²) in [6.45, 7) is 5.23. The molecule has 1 aliphatic rings. The third kappa shape index (κ3) is 3.80. The van der Waals surface area contributed by atoms with Gasteiger partial charge in [0.2, 0.25) is 15.9 Å². The average molecular weight is 381 g/mol. The van der Waals surface area contributed by atoms with Crippen LogP contribution in [0, 0.1) is 13.8 Å². The largest absolute Gasteiger partial charge is 0.360 e. The fourth-order valence-electron chi connectivity index (χ4n) is 3.13. The molecule has 2 aromatic heterocycles. The van der Waals surface area contributed by atoms with Crippen molar-refractivity contribution in [2.24, 2.45) is 0 Å². The van der Waals surface area contributed by atoms with Crippen LogP contribution in [0.25, 0.3) is 0 Å². The van der Waals surface area contributed by atoms with Crippen molar-refractivity contribution in [2.45, 2.75) is 38.1 Å². The molecule has 3 rings (SSSR count). The molecular weight excluding hydrogens is 358 g/mol. The van der Waals surface area contributed by atoms with Crippen molar-refractivity contribution in [3.63, 3.8) is 0 Å². The first-order valence-electron chi connectivity index (χ1n) is 8.58. The number of carbonyl (C=O) groups excluding carboxylic acids is 1. The summed E-state index contributed by atoms with van der Waals surface area (Å²) in [6, 6.07) is 1.85. The number of hydrogen-bond donors (Lipinski definition) is 0. The SMILES string of the molecule is Cc1noc(C)c1S(=O)(=O)N1CCN(C(=O)CCCn2cccn2)CC1. The number of rotatable bonds is 6. The van der Waals surface area contributed by atoms with Crippen LogP contribution in [0.4, 0.5) is 0 Å². The predicted molar refractivity (Wildman–Crippen MR) is 92.8 cm³/mol. The second-order valence-electron chi connectivity index (χ2n) is 6.31. The first-order chi connectivity index (χ1) is 12.4. The van der Waals surface area contributed by atoms with Crippen LogP contribution in [-0.4, -0.2) is 64.6 Å². The van der Waals surface area contributed by atoms with Gasteiger partial charge < -0.3 is 9.42 Å². The van der Waals surface area contributed by atoms with Gasteiger partial charge in [-0.1, -0.05) is 5.16 Å². The summed E-state index contributed by atoms with van der Waals surface area (Å²) in [6.07, 6.45) is 4.71. The van der Waals surface area contributed by atoms with Crippen molar-refractivity contribution in [2.75, 3.05) is 26.2 Å². The molecule has 1 aliphatic heterocycles. The zero-order valence-corrected chi connectivity index (χ0v) is 15.8. The lowest BCUT2D eigenvalue weighted by atomic mass is 10.2. The molecule has 1 amide bonds. The van der Waals surface area contributed by atoms with Crippen LogP contribution in [0.3, 0.4) is 0 Å². The van der Waals surface area contributed by atoms with E-state index >= 15 is 0 Å². The van der Waals surface area contributed by atoms with Gasteiger partial charge in [-0.2, -0.15) is 9.40 Å². The third-order valence-electron chi connectivity index (χ3n) is 4.49. The molecule has 0 aliphatic carbocycles. The van der Waals surface area contributed by atoms with Crippen LogP contribution < -0.4 is 0 Å². The summed E-state index contributed by atoms with van der Waals surface area (Å²) < 4.78 is 33.7. The molecule has 1 fully saturated rings. The standard InChI is InChI=1S/C16H23N5O4S/c1-13-16(14(2)25-18-13)26(23,24)21-11-9-19(10-12-21)15(22)5-3-7-20-8-4-6-17-20/h4,6,8H,3,5,7,9-12H2,1-2H3. The number of nitrogens with zero attached hydrogens (tertiary/aromatic N) is 5. The highest BCUT2D eigenvalue weighted by Crippen LogP contribution is 2.24. The van der Waals surface area contributed by atoms with Gasteiger partial charge in [-0.15, -0.1) is 0 Å². The topological polar surface area (TPSA) is 102 Å². The molecule has 1 saturated heterocycles. The van der Waals surface area contributed by atoms with Crippen LogP contribution in [0.15, 0.2) is 27.9 Å². The molecule has 142 valence electrons. The summed E-state index contributed by atoms with van der Waals surface area (Å²) in [5, 5.41) is 7.83. The Balaban J connectivity index is 1.53. The van der Waals surface area contributed by atoms with E-state index in [-0.39, 0.29) is 23.9 Å². The lowest BCUT2D eigenvalue weighted by Crippen LogP contribution is -2.50. The molecule has 0 atom stereocenters. The maximum absolute atomic E-state index is 12.8. The maximum Gasteiger partial charge on any atom is 0.248 e. The van der Waals surface area contributed by atoms with E-state index in [4.69, 9.17) is 4.52 Å². The minimum atomic E-state index is -3.65. The lowest BCUT2D eigenvalue weighted by molar-refractivity contribution is -0.132. The van der Waals surface area contributed by atoms with E-state index in [1.807, 2.05) is 12.3 Å². The number of aryl methyl sites for hydroxylation is 3. The van der Waals surface area contributed by atoms with Crippen LogP contribution in [0.2, 0.25) is 0 Å². The van der Waals surface area contributed by atoms with Gasteiger partial charge in [0.25, 0.3) is 0 Å². The van der Waals surface area contributed by atoms with Gasteiger partial charge in [-0.25, -0.2) is 8.42 Å². The minimum absolute atomic E-state index is 0.0477. The van der Waals surface area contributed by atoms with E-state index in [0.29, 0.717) is 43.9 Å². The summed E-state index contributed by atoms with van der Waals surface area (Å²) >= 11 is 0. The van der Waals surface area contributed by atoms with Gasteiger partial charge in [-0.05, 0) is 26.3 Å². The molecule has 0 aromatic carbocycles. The van der Waals surface area contributed by atoms with E-state index in [9.17, 15) is 13.2 Å². The first-order valence-corrected chi connectivity index (χ1v) is 10.0. The van der Waals surface area contributed by atoms with E-state index in [2.05, 4.69) is 10.3 Å². The van der Waals surface area contributed by atoms with E-state index < -0.39 is 10.0 Å². The maximum atomic E-state index is 12.8. The predicted octanol–water partition coefficient (Wildman–Crippen LogP) is 0.801. The summed E-state index contributed by atoms with van der Waals surface area (Å²) in [5.41, 5.74) is 0.361.